The van der Waals surface area contributed by atoms with Crippen molar-refractivity contribution in [2.45, 2.75) is 39.1 Å². The predicted molar refractivity (Wildman–Crippen MR) is 104 cm³/mol. The standard InChI is InChI=1S/C18H21N3O9/c1-7(10(4)22)13(25)19-16(28)20(14(26)8(2)11(5)23)18(30)21(17(19)29)15(27)9(3)12(6)24/h10-12,22-24H,1-3H2,4-6H3. The van der Waals surface area contributed by atoms with Gasteiger partial charge in [0.05, 0.1) is 18.3 Å². The second-order valence-electron chi connectivity index (χ2n) is 6.37. The van der Waals surface area contributed by atoms with E-state index in [0.29, 0.717) is 0 Å². The molecule has 12 nitrogen and oxygen atoms in total. The van der Waals surface area contributed by atoms with Gasteiger partial charge in [0.1, 0.15) is 0 Å². The number of aliphatic hydroxyl groups excluding tert-OH is 3. The number of aliphatic hydroxyl groups is 3. The van der Waals surface area contributed by atoms with E-state index < -0.39 is 69.8 Å². The van der Waals surface area contributed by atoms with E-state index in [1.807, 2.05) is 0 Å². The number of hydrogen-bond donors (Lipinski definition) is 3. The van der Waals surface area contributed by atoms with Crippen molar-refractivity contribution >= 4 is 17.7 Å². The van der Waals surface area contributed by atoms with Crippen LogP contribution in [0.1, 0.15) is 35.2 Å². The molecule has 1 aromatic heterocycles. The van der Waals surface area contributed by atoms with Crippen molar-refractivity contribution in [3.8, 4) is 0 Å². The minimum Gasteiger partial charge on any atom is -0.389 e. The fraction of sp³-hybridized carbons (Fsp3) is 0.333. The first-order chi connectivity index (χ1) is 13.7. The van der Waals surface area contributed by atoms with Gasteiger partial charge in [-0.15, -0.1) is 0 Å². The summed E-state index contributed by atoms with van der Waals surface area (Å²) in [5.41, 5.74) is -7.28. The van der Waals surface area contributed by atoms with Gasteiger partial charge in [-0.1, -0.05) is 19.7 Å². The maximum atomic E-state index is 12.7. The molecule has 0 radical (unpaired) electrons. The minimum atomic E-state index is -1.77. The molecule has 0 saturated heterocycles. The molecule has 1 aromatic rings. The highest BCUT2D eigenvalue weighted by Gasteiger charge is 2.31. The lowest BCUT2D eigenvalue weighted by molar-refractivity contribution is 0.0859. The summed E-state index contributed by atoms with van der Waals surface area (Å²) in [7, 11) is 0. The first-order valence-electron chi connectivity index (χ1n) is 8.42. The summed E-state index contributed by atoms with van der Waals surface area (Å²) >= 11 is 0. The summed E-state index contributed by atoms with van der Waals surface area (Å²) in [4.78, 5) is 75.5. The maximum Gasteiger partial charge on any atom is 0.350 e. The maximum absolute atomic E-state index is 12.7. The van der Waals surface area contributed by atoms with E-state index in [2.05, 4.69) is 19.7 Å². The van der Waals surface area contributed by atoms with Crippen molar-refractivity contribution in [3.63, 3.8) is 0 Å². The first-order valence-corrected chi connectivity index (χ1v) is 8.42. The van der Waals surface area contributed by atoms with Crippen LogP contribution in [-0.4, -0.2) is 65.1 Å². The molecule has 0 spiro atoms. The SMILES string of the molecule is C=C(C(=O)n1c(=O)n(C(=O)C(=C)C(C)O)c(=O)n(C(=O)C(=C)C(C)O)c1=O)C(C)O. The molecule has 0 saturated carbocycles. The fourth-order valence-electron chi connectivity index (χ4n) is 2.03. The summed E-state index contributed by atoms with van der Waals surface area (Å²) in [6, 6.07) is 0. The Morgan fingerprint density at radius 2 is 0.767 bits per heavy atom. The highest BCUT2D eigenvalue weighted by molar-refractivity contribution is 5.99. The molecular weight excluding hydrogens is 402 g/mol. The van der Waals surface area contributed by atoms with Crippen LogP contribution in [0.5, 0.6) is 0 Å². The van der Waals surface area contributed by atoms with E-state index in [4.69, 9.17) is 0 Å². The highest BCUT2D eigenvalue weighted by Crippen LogP contribution is 2.04. The molecule has 3 atom stereocenters. The van der Waals surface area contributed by atoms with Gasteiger partial charge in [-0.2, -0.15) is 13.7 Å². The predicted octanol–water partition coefficient (Wildman–Crippen LogP) is -2.10. The lowest BCUT2D eigenvalue weighted by atomic mass is 10.1. The normalized spacial score (nSPS) is 13.8. The Balaban J connectivity index is 4.13. The van der Waals surface area contributed by atoms with E-state index in [-0.39, 0.29) is 13.7 Å². The van der Waals surface area contributed by atoms with Crippen LogP contribution in [0.3, 0.4) is 0 Å². The minimum absolute atomic E-state index is 0.253. The third-order valence-electron chi connectivity index (χ3n) is 4.09. The molecule has 162 valence electrons. The molecule has 30 heavy (non-hydrogen) atoms. The molecule has 0 amide bonds. The smallest absolute Gasteiger partial charge is 0.350 e. The number of nitrogens with zero attached hydrogens (tertiary/aromatic N) is 3. The zero-order valence-corrected chi connectivity index (χ0v) is 16.5. The Morgan fingerprint density at radius 3 is 0.900 bits per heavy atom. The van der Waals surface area contributed by atoms with Gasteiger partial charge in [0, 0.05) is 16.7 Å². The zero-order valence-electron chi connectivity index (χ0n) is 16.5. The van der Waals surface area contributed by atoms with Gasteiger partial charge in [-0.3, -0.25) is 14.4 Å². The van der Waals surface area contributed by atoms with Gasteiger partial charge in [0.25, 0.3) is 17.7 Å². The number of carbonyl (C=O) groups excluding carboxylic acids is 3. The van der Waals surface area contributed by atoms with Crippen LogP contribution in [0.2, 0.25) is 0 Å². The van der Waals surface area contributed by atoms with Crippen LogP contribution < -0.4 is 17.1 Å². The van der Waals surface area contributed by atoms with E-state index >= 15 is 0 Å². The number of aromatic nitrogens is 3. The van der Waals surface area contributed by atoms with E-state index in [0.717, 1.165) is 20.8 Å². The van der Waals surface area contributed by atoms with Crippen LogP contribution in [0, 0.1) is 0 Å². The summed E-state index contributed by atoms with van der Waals surface area (Å²) < 4.78 is -0.759. The lowest BCUT2D eigenvalue weighted by Gasteiger charge is -2.15. The van der Waals surface area contributed by atoms with Gasteiger partial charge < -0.3 is 15.3 Å². The van der Waals surface area contributed by atoms with Gasteiger partial charge in [-0.25, -0.2) is 14.4 Å². The van der Waals surface area contributed by atoms with Crippen molar-refractivity contribution < 1.29 is 29.7 Å². The van der Waals surface area contributed by atoms with Crippen molar-refractivity contribution in [2.75, 3.05) is 0 Å². The van der Waals surface area contributed by atoms with Crippen LogP contribution in [0.4, 0.5) is 0 Å². The zero-order chi connectivity index (χ0) is 23.7. The molecule has 0 fully saturated rings. The molecule has 0 bridgehead atoms. The van der Waals surface area contributed by atoms with Gasteiger partial charge >= 0.3 is 17.1 Å². The molecule has 0 aliphatic carbocycles. The van der Waals surface area contributed by atoms with Crippen molar-refractivity contribution in [1.29, 1.82) is 0 Å². The van der Waals surface area contributed by atoms with Crippen molar-refractivity contribution in [2.24, 2.45) is 0 Å². The summed E-state index contributed by atoms with van der Waals surface area (Å²) in [5, 5.41) is 28.6. The highest BCUT2D eigenvalue weighted by atomic mass is 16.3. The van der Waals surface area contributed by atoms with Crippen molar-refractivity contribution in [1.82, 2.24) is 13.7 Å². The molecule has 3 unspecified atom stereocenters. The Labute approximate surface area is 168 Å². The van der Waals surface area contributed by atoms with Crippen LogP contribution in [0.25, 0.3) is 0 Å². The topological polar surface area (TPSA) is 178 Å². The Kier molecular flexibility index (Phi) is 7.29. The Morgan fingerprint density at radius 1 is 0.600 bits per heavy atom. The first kappa shape index (κ1) is 24.6. The van der Waals surface area contributed by atoms with Gasteiger partial charge in [0.15, 0.2) is 0 Å². The largest absolute Gasteiger partial charge is 0.389 e. The third-order valence-corrected chi connectivity index (χ3v) is 4.09. The second-order valence-corrected chi connectivity index (χ2v) is 6.37. The molecule has 0 aliphatic heterocycles. The van der Waals surface area contributed by atoms with Gasteiger partial charge in [0.2, 0.25) is 0 Å². The molecule has 0 aromatic carbocycles. The average Bonchev–Trinajstić information content (AvgIpc) is 2.64. The van der Waals surface area contributed by atoms with Crippen LogP contribution in [-0.2, 0) is 0 Å². The van der Waals surface area contributed by atoms with Crippen LogP contribution >= 0.6 is 0 Å². The average molecular weight is 423 g/mol. The van der Waals surface area contributed by atoms with Crippen molar-refractivity contribution in [3.05, 3.63) is 67.9 Å². The lowest BCUT2D eigenvalue weighted by Crippen LogP contribution is -2.60. The van der Waals surface area contributed by atoms with E-state index in [9.17, 15) is 44.1 Å². The van der Waals surface area contributed by atoms with E-state index in [1.165, 1.54) is 0 Å². The summed E-state index contributed by atoms with van der Waals surface area (Å²) in [6.45, 7) is 13.0. The number of hydrogen-bond acceptors (Lipinski definition) is 9. The number of rotatable bonds is 6. The molecule has 1 heterocycles. The van der Waals surface area contributed by atoms with Crippen LogP contribution in [0.15, 0.2) is 50.8 Å². The summed E-state index contributed by atoms with van der Waals surface area (Å²) in [6.07, 6.45) is -4.57. The number of carbonyl (C=O) groups is 3. The third kappa shape index (κ3) is 4.25. The quantitative estimate of drug-likeness (QED) is 0.432. The second kappa shape index (κ2) is 8.90. The molecule has 3 N–H and O–H groups in total. The Bertz CT molecular complexity index is 970. The molecule has 0 aliphatic rings. The van der Waals surface area contributed by atoms with E-state index in [1.54, 1.807) is 0 Å². The molecule has 12 heteroatoms. The fourth-order valence-corrected chi connectivity index (χ4v) is 2.03. The summed E-state index contributed by atoms with van der Waals surface area (Å²) in [5.74, 6) is -4.48. The Hall–Kier alpha value is -3.48. The molecule has 1 rings (SSSR count). The monoisotopic (exact) mass is 423 g/mol. The van der Waals surface area contributed by atoms with Gasteiger partial charge in [-0.05, 0) is 20.8 Å². The molecular formula is C18H21N3O9.